The smallest absolute Gasteiger partial charge is 0.348 e. The molecule has 23 heavy (non-hydrogen) atoms. The summed E-state index contributed by atoms with van der Waals surface area (Å²) in [5.74, 6) is -1.47. The van der Waals surface area contributed by atoms with Gasteiger partial charge in [0.25, 0.3) is 5.91 Å². The van der Waals surface area contributed by atoms with Gasteiger partial charge in [0.1, 0.15) is 5.82 Å². The second-order valence-electron chi connectivity index (χ2n) is 4.88. The van der Waals surface area contributed by atoms with E-state index in [9.17, 15) is 22.4 Å². The third kappa shape index (κ3) is 3.86. The summed E-state index contributed by atoms with van der Waals surface area (Å²) in [6.07, 6.45) is -3.75. The molecule has 0 aliphatic rings. The molecule has 2 aromatic rings. The first-order valence-corrected chi connectivity index (χ1v) is 6.58. The first kappa shape index (κ1) is 16.9. The zero-order valence-electron chi connectivity index (χ0n) is 12.1. The summed E-state index contributed by atoms with van der Waals surface area (Å²) in [4.78, 5) is 11.9. The van der Waals surface area contributed by atoms with Gasteiger partial charge >= 0.3 is 6.18 Å². The van der Waals surface area contributed by atoms with Gasteiger partial charge in [-0.3, -0.25) is 9.48 Å². The van der Waals surface area contributed by atoms with Crippen molar-refractivity contribution in [1.82, 2.24) is 15.1 Å². The highest BCUT2D eigenvalue weighted by atomic mass is 19.4. The molecule has 2 rings (SSSR count). The van der Waals surface area contributed by atoms with E-state index in [1.165, 1.54) is 19.2 Å². The van der Waals surface area contributed by atoms with Gasteiger partial charge in [-0.25, -0.2) is 4.39 Å². The van der Waals surface area contributed by atoms with Crippen molar-refractivity contribution in [3.05, 3.63) is 52.6 Å². The molecule has 0 unspecified atom stereocenters. The normalized spacial score (nSPS) is 11.6. The van der Waals surface area contributed by atoms with Gasteiger partial charge in [0.15, 0.2) is 5.69 Å². The van der Waals surface area contributed by atoms with Crippen LogP contribution in [0.25, 0.3) is 0 Å². The number of benzene rings is 1. The molecule has 0 spiro atoms. The molecule has 0 bridgehead atoms. The predicted molar refractivity (Wildman–Crippen MR) is 73.7 cm³/mol. The molecule has 0 aliphatic carbocycles. The van der Waals surface area contributed by atoms with Crippen molar-refractivity contribution >= 4 is 5.91 Å². The van der Waals surface area contributed by atoms with Gasteiger partial charge in [-0.05, 0) is 11.6 Å². The summed E-state index contributed by atoms with van der Waals surface area (Å²) < 4.78 is 52.9. The first-order valence-electron chi connectivity index (χ1n) is 6.58. The minimum absolute atomic E-state index is 0.0309. The summed E-state index contributed by atoms with van der Waals surface area (Å²) in [5.41, 5.74) is 4.21. The number of nitrogens with two attached hydrogens (primary N) is 1. The number of amides is 1. The van der Waals surface area contributed by atoms with Gasteiger partial charge in [-0.15, -0.1) is 0 Å². The van der Waals surface area contributed by atoms with E-state index in [2.05, 4.69) is 10.4 Å². The molecule has 0 saturated heterocycles. The zero-order chi connectivity index (χ0) is 17.2. The van der Waals surface area contributed by atoms with Crippen molar-refractivity contribution in [2.75, 3.05) is 0 Å². The molecule has 0 radical (unpaired) electrons. The fourth-order valence-corrected chi connectivity index (χ4v) is 2.01. The quantitative estimate of drug-likeness (QED) is 0.842. The number of nitrogens with zero attached hydrogens (tertiary/aromatic N) is 2. The van der Waals surface area contributed by atoms with E-state index in [1.54, 1.807) is 6.07 Å². The summed E-state index contributed by atoms with van der Waals surface area (Å²) in [5, 5.41) is 5.57. The van der Waals surface area contributed by atoms with E-state index in [0.29, 0.717) is 11.1 Å². The molecule has 124 valence electrons. The molecule has 1 amide bonds. The van der Waals surface area contributed by atoms with Crippen molar-refractivity contribution < 1.29 is 22.4 Å². The predicted octanol–water partition coefficient (Wildman–Crippen LogP) is 1.97. The fraction of sp³-hybridized carbons (Fsp3) is 0.286. The standard InChI is InChI=1S/C14H14F4N4O/c1-22-7-10(12(21-22)14(16,17)18)13(23)20-6-8-2-3-9(5-19)11(15)4-8/h2-4,7H,5-6,19H2,1H3,(H,20,23). The lowest BCUT2D eigenvalue weighted by atomic mass is 10.1. The number of aryl methyl sites for hydroxylation is 1. The van der Waals surface area contributed by atoms with E-state index in [1.807, 2.05) is 0 Å². The Morgan fingerprint density at radius 3 is 2.65 bits per heavy atom. The lowest BCUT2D eigenvalue weighted by Crippen LogP contribution is -2.25. The fourth-order valence-electron chi connectivity index (χ4n) is 2.01. The van der Waals surface area contributed by atoms with E-state index in [0.717, 1.165) is 10.9 Å². The van der Waals surface area contributed by atoms with Crippen LogP contribution < -0.4 is 11.1 Å². The van der Waals surface area contributed by atoms with Crippen LogP contribution in [0.3, 0.4) is 0 Å². The highest BCUT2D eigenvalue weighted by Crippen LogP contribution is 2.30. The summed E-state index contributed by atoms with van der Waals surface area (Å²) in [6, 6.07) is 4.18. The van der Waals surface area contributed by atoms with Gasteiger partial charge in [-0.1, -0.05) is 12.1 Å². The average Bonchev–Trinajstić information content (AvgIpc) is 2.87. The third-order valence-corrected chi connectivity index (χ3v) is 3.13. The Kier molecular flexibility index (Phi) is 4.69. The molecule has 5 nitrogen and oxygen atoms in total. The van der Waals surface area contributed by atoms with Crippen LogP contribution in [-0.4, -0.2) is 15.7 Å². The van der Waals surface area contributed by atoms with E-state index in [4.69, 9.17) is 5.73 Å². The van der Waals surface area contributed by atoms with Gasteiger partial charge in [0.2, 0.25) is 0 Å². The number of halogens is 4. The molecule has 0 aliphatic heterocycles. The molecule has 1 aromatic carbocycles. The molecule has 1 aromatic heterocycles. The maximum Gasteiger partial charge on any atom is 0.435 e. The summed E-state index contributed by atoms with van der Waals surface area (Å²) in [6.45, 7) is -0.0874. The average molecular weight is 330 g/mol. The minimum Gasteiger partial charge on any atom is -0.348 e. The van der Waals surface area contributed by atoms with Gasteiger partial charge in [0, 0.05) is 31.9 Å². The number of carbonyl (C=O) groups excluding carboxylic acids is 1. The molecule has 0 fully saturated rings. The van der Waals surface area contributed by atoms with Crippen LogP contribution in [0, 0.1) is 5.82 Å². The van der Waals surface area contributed by atoms with E-state index in [-0.39, 0.29) is 13.1 Å². The van der Waals surface area contributed by atoms with Gasteiger partial charge in [-0.2, -0.15) is 18.3 Å². The van der Waals surface area contributed by atoms with Crippen LogP contribution in [0.4, 0.5) is 17.6 Å². The summed E-state index contributed by atoms with van der Waals surface area (Å²) >= 11 is 0. The van der Waals surface area contributed by atoms with Crippen LogP contribution in [0.5, 0.6) is 0 Å². The minimum atomic E-state index is -4.73. The van der Waals surface area contributed by atoms with Crippen molar-refractivity contribution in [1.29, 1.82) is 0 Å². The number of alkyl halides is 3. The number of carbonyl (C=O) groups is 1. The maximum absolute atomic E-state index is 13.6. The van der Waals surface area contributed by atoms with Crippen LogP contribution in [0.2, 0.25) is 0 Å². The Morgan fingerprint density at radius 1 is 1.39 bits per heavy atom. The SMILES string of the molecule is Cn1cc(C(=O)NCc2ccc(CN)c(F)c2)c(C(F)(F)F)n1. The van der Waals surface area contributed by atoms with Crippen molar-refractivity contribution in [2.45, 2.75) is 19.3 Å². The zero-order valence-corrected chi connectivity index (χ0v) is 12.1. The third-order valence-electron chi connectivity index (χ3n) is 3.13. The van der Waals surface area contributed by atoms with Gasteiger partial charge < -0.3 is 11.1 Å². The van der Waals surface area contributed by atoms with Gasteiger partial charge in [0.05, 0.1) is 5.56 Å². The second-order valence-corrected chi connectivity index (χ2v) is 4.88. The summed E-state index contributed by atoms with van der Waals surface area (Å²) in [7, 11) is 1.28. The maximum atomic E-state index is 13.6. The molecule has 0 atom stereocenters. The lowest BCUT2D eigenvalue weighted by molar-refractivity contribution is -0.141. The Balaban J connectivity index is 2.13. The topological polar surface area (TPSA) is 72.9 Å². The Labute approximate surface area is 129 Å². The Bertz CT molecular complexity index is 724. The van der Waals surface area contributed by atoms with Crippen LogP contribution in [0.15, 0.2) is 24.4 Å². The molecule has 0 saturated carbocycles. The molecule has 9 heteroatoms. The Hall–Kier alpha value is -2.42. The Morgan fingerprint density at radius 2 is 2.09 bits per heavy atom. The second kappa shape index (κ2) is 6.37. The lowest BCUT2D eigenvalue weighted by Gasteiger charge is -2.08. The van der Waals surface area contributed by atoms with E-state index >= 15 is 0 Å². The molecular formula is C14H14F4N4O. The largest absolute Gasteiger partial charge is 0.435 e. The highest BCUT2D eigenvalue weighted by Gasteiger charge is 2.38. The number of nitrogens with one attached hydrogen (secondary N) is 1. The van der Waals surface area contributed by atoms with Crippen molar-refractivity contribution in [3.63, 3.8) is 0 Å². The molecule has 3 N–H and O–H groups in total. The molecular weight excluding hydrogens is 316 g/mol. The number of hydrogen-bond acceptors (Lipinski definition) is 3. The van der Waals surface area contributed by atoms with Crippen molar-refractivity contribution in [2.24, 2.45) is 12.8 Å². The number of hydrogen-bond donors (Lipinski definition) is 2. The number of aromatic nitrogens is 2. The highest BCUT2D eigenvalue weighted by molar-refractivity contribution is 5.95. The van der Waals surface area contributed by atoms with Crippen molar-refractivity contribution in [3.8, 4) is 0 Å². The monoisotopic (exact) mass is 330 g/mol. The van der Waals surface area contributed by atoms with Crippen LogP contribution in [0.1, 0.15) is 27.2 Å². The first-order chi connectivity index (χ1) is 10.7. The number of rotatable bonds is 4. The van der Waals surface area contributed by atoms with E-state index < -0.39 is 29.2 Å². The molecule has 1 heterocycles. The van der Waals surface area contributed by atoms with Crippen LogP contribution >= 0.6 is 0 Å². The van der Waals surface area contributed by atoms with Crippen LogP contribution in [-0.2, 0) is 26.3 Å².